The van der Waals surface area contributed by atoms with E-state index in [0.29, 0.717) is 23.4 Å². The molecule has 184 valence electrons. The van der Waals surface area contributed by atoms with Crippen molar-refractivity contribution >= 4 is 31.6 Å². The Labute approximate surface area is 197 Å². The van der Waals surface area contributed by atoms with Crippen molar-refractivity contribution in [3.8, 4) is 11.1 Å². The van der Waals surface area contributed by atoms with Crippen LogP contribution >= 0.6 is 0 Å². The lowest BCUT2D eigenvalue weighted by atomic mass is 9.98. The van der Waals surface area contributed by atoms with Gasteiger partial charge in [-0.3, -0.25) is 0 Å². The van der Waals surface area contributed by atoms with Gasteiger partial charge in [0.15, 0.2) is 12.5 Å². The van der Waals surface area contributed by atoms with Crippen LogP contribution in [0.25, 0.3) is 11.1 Å². The highest BCUT2D eigenvalue weighted by atomic mass is 32.2. The number of hydrogen-bond acceptors (Lipinski definition) is 11. The molecule has 1 atom stereocenters. The Balaban J connectivity index is 2.25. The van der Waals surface area contributed by atoms with Gasteiger partial charge in [-0.2, -0.15) is 5.11 Å². The van der Waals surface area contributed by atoms with Crippen molar-refractivity contribution in [1.29, 1.82) is 0 Å². The van der Waals surface area contributed by atoms with E-state index in [4.69, 9.17) is 21.7 Å². The summed E-state index contributed by atoms with van der Waals surface area (Å²) in [5, 5.41) is 25.4. The first-order valence-corrected chi connectivity index (χ1v) is 13.1. The summed E-state index contributed by atoms with van der Waals surface area (Å²) < 4.78 is 53.4. The van der Waals surface area contributed by atoms with E-state index in [0.717, 1.165) is 6.07 Å². The van der Waals surface area contributed by atoms with Gasteiger partial charge in [0.2, 0.25) is 20.0 Å². The lowest BCUT2D eigenvalue weighted by Gasteiger charge is -2.18. The van der Waals surface area contributed by atoms with Crippen LogP contribution in [0.5, 0.6) is 0 Å². The van der Waals surface area contributed by atoms with Crippen LogP contribution in [0.4, 0.5) is 5.69 Å². The van der Waals surface area contributed by atoms with Crippen LogP contribution in [0, 0.1) is 0 Å². The minimum atomic E-state index is -4.57. The van der Waals surface area contributed by atoms with E-state index >= 15 is 0 Å². The van der Waals surface area contributed by atoms with Crippen LogP contribution in [-0.2, 0) is 20.0 Å². The molecule has 0 spiro atoms. The summed E-state index contributed by atoms with van der Waals surface area (Å²) in [6, 6.07) is 9.03. The van der Waals surface area contributed by atoms with Gasteiger partial charge in [0.1, 0.15) is 9.79 Å². The predicted octanol–water partition coefficient (Wildman–Crippen LogP) is -0.861. The molecule has 0 aromatic heterocycles. The van der Waals surface area contributed by atoms with Crippen LogP contribution in [0.2, 0.25) is 0 Å². The van der Waals surface area contributed by atoms with Gasteiger partial charge in [0.05, 0.1) is 12.2 Å². The Hall–Kier alpha value is -2.79. The number of rotatable bonds is 11. The first-order chi connectivity index (χ1) is 16.1. The molecule has 15 heteroatoms. The zero-order chi connectivity index (χ0) is 24.9. The molecular weight excluding hydrogens is 484 g/mol. The normalized spacial score (nSPS) is 14.8. The Morgan fingerprint density at radius 2 is 1.91 bits per heavy atom. The van der Waals surface area contributed by atoms with E-state index in [9.17, 15) is 16.8 Å². The second kappa shape index (κ2) is 10.6. The maximum Gasteiger partial charge on any atom is 0.241 e. The molecule has 9 N–H and O–H groups in total. The third kappa shape index (κ3) is 5.82. The maximum atomic E-state index is 12.9. The van der Waals surface area contributed by atoms with E-state index in [1.165, 1.54) is 6.07 Å². The molecule has 3 rings (SSSR count). The third-order valence-corrected chi connectivity index (χ3v) is 7.41. The Morgan fingerprint density at radius 1 is 1.15 bits per heavy atom. The molecule has 0 bridgehead atoms. The van der Waals surface area contributed by atoms with Crippen molar-refractivity contribution in [3.63, 3.8) is 0 Å². The number of sulfonamides is 2. The van der Waals surface area contributed by atoms with E-state index in [1.807, 2.05) is 0 Å². The second-order valence-corrected chi connectivity index (χ2v) is 10.5. The fraction of sp³-hybridized carbons (Fsp3) is 0.316. The number of aliphatic imine (C=N–C) groups is 1. The van der Waals surface area contributed by atoms with Gasteiger partial charge in [-0.05, 0) is 29.3 Å². The number of nitrogens with one attached hydrogen (secondary N) is 2. The molecule has 1 aliphatic rings. The molecule has 0 aliphatic carbocycles. The number of aliphatic hydroxyl groups is 1. The van der Waals surface area contributed by atoms with Crippen LogP contribution in [0.1, 0.15) is 5.56 Å². The number of amidine groups is 1. The molecule has 0 saturated carbocycles. The zero-order valence-corrected chi connectivity index (χ0v) is 19.7. The molecule has 34 heavy (non-hydrogen) atoms. The Kier molecular flexibility index (Phi) is 8.09. The standard InChI is InChI=1S/C19H26N8O5S2/c20-6-7-26-34(31,32)16-5-4-15(12-2-1-3-14(8-12)23-9-13(21)10-28)17(18(16)33(22,29)30)19-24-11-25-27-19/h1-5,8,13,23,26,28H,6-7,9-11,20-21H2,(H2,22,29,30)/t13-/m1/s1. The zero-order valence-electron chi connectivity index (χ0n) is 18.0. The smallest absolute Gasteiger partial charge is 0.241 e. The van der Waals surface area contributed by atoms with Crippen LogP contribution in [0.3, 0.4) is 0 Å². The van der Waals surface area contributed by atoms with Gasteiger partial charge in [-0.1, -0.05) is 18.2 Å². The monoisotopic (exact) mass is 510 g/mol. The number of benzene rings is 2. The maximum absolute atomic E-state index is 12.9. The molecule has 0 amide bonds. The number of nitrogens with two attached hydrogens (primary N) is 3. The summed E-state index contributed by atoms with van der Waals surface area (Å²) in [6.07, 6.45) is 0. The number of anilines is 1. The largest absolute Gasteiger partial charge is 0.395 e. The molecular formula is C19H26N8O5S2. The van der Waals surface area contributed by atoms with Crippen molar-refractivity contribution in [2.24, 2.45) is 31.8 Å². The van der Waals surface area contributed by atoms with Crippen LogP contribution in [0.15, 0.2) is 61.4 Å². The molecule has 1 heterocycles. The van der Waals surface area contributed by atoms with Gasteiger partial charge in [0, 0.05) is 31.4 Å². The summed E-state index contributed by atoms with van der Waals surface area (Å²) in [6.45, 7) is -0.0428. The number of aliphatic hydroxyl groups excluding tert-OH is 1. The van der Waals surface area contributed by atoms with Crippen molar-refractivity contribution < 1.29 is 21.9 Å². The van der Waals surface area contributed by atoms with E-state index in [1.54, 1.807) is 24.3 Å². The molecule has 2 aromatic rings. The highest BCUT2D eigenvalue weighted by Crippen LogP contribution is 2.35. The number of hydrogen-bond donors (Lipinski definition) is 6. The van der Waals surface area contributed by atoms with Crippen LogP contribution < -0.4 is 26.6 Å². The van der Waals surface area contributed by atoms with Crippen molar-refractivity contribution in [2.75, 3.05) is 38.2 Å². The first-order valence-electron chi connectivity index (χ1n) is 10.1. The fourth-order valence-electron chi connectivity index (χ4n) is 3.26. The second-order valence-electron chi connectivity index (χ2n) is 7.32. The van der Waals surface area contributed by atoms with E-state index in [2.05, 4.69) is 25.3 Å². The minimum Gasteiger partial charge on any atom is -0.395 e. The lowest BCUT2D eigenvalue weighted by Crippen LogP contribution is -2.32. The summed E-state index contributed by atoms with van der Waals surface area (Å²) in [5.41, 5.74) is 12.5. The van der Waals surface area contributed by atoms with E-state index < -0.39 is 35.9 Å². The molecule has 1 aliphatic heterocycles. The Bertz CT molecular complexity index is 1330. The number of nitrogens with zero attached hydrogens (tertiary/aromatic N) is 3. The van der Waals surface area contributed by atoms with Gasteiger partial charge in [0.25, 0.3) is 0 Å². The fourth-order valence-corrected chi connectivity index (χ4v) is 5.91. The average molecular weight is 511 g/mol. The molecule has 13 nitrogen and oxygen atoms in total. The summed E-state index contributed by atoms with van der Waals surface area (Å²) in [7, 11) is -8.85. The Morgan fingerprint density at radius 3 is 2.53 bits per heavy atom. The van der Waals surface area contributed by atoms with Crippen LogP contribution in [-0.4, -0.2) is 66.7 Å². The predicted molar refractivity (Wildman–Crippen MR) is 127 cm³/mol. The molecule has 0 unspecified atom stereocenters. The first kappa shape index (κ1) is 25.8. The summed E-state index contributed by atoms with van der Waals surface area (Å²) in [4.78, 5) is 2.92. The quantitative estimate of drug-likeness (QED) is 0.222. The van der Waals surface area contributed by atoms with Crippen molar-refractivity contribution in [2.45, 2.75) is 15.8 Å². The SMILES string of the molecule is NCCNS(=O)(=O)c1ccc(-c2cccc(NC[C@@H](N)CO)c2)c(C2=NCN=N2)c1S(N)(=O)=O. The highest BCUT2D eigenvalue weighted by molar-refractivity contribution is 7.92. The van der Waals surface area contributed by atoms with Gasteiger partial charge < -0.3 is 21.9 Å². The molecule has 0 saturated heterocycles. The van der Waals surface area contributed by atoms with Gasteiger partial charge in [-0.25, -0.2) is 31.7 Å². The van der Waals surface area contributed by atoms with Crippen molar-refractivity contribution in [3.05, 3.63) is 42.0 Å². The summed E-state index contributed by atoms with van der Waals surface area (Å²) in [5.74, 6) is -0.0597. The number of azo groups is 1. The highest BCUT2D eigenvalue weighted by Gasteiger charge is 2.32. The van der Waals surface area contributed by atoms with Crippen molar-refractivity contribution in [1.82, 2.24) is 4.72 Å². The minimum absolute atomic E-state index is 0.00946. The van der Waals surface area contributed by atoms with Gasteiger partial charge in [-0.15, -0.1) is 5.11 Å². The molecule has 0 fully saturated rings. The average Bonchev–Trinajstić information content (AvgIpc) is 3.34. The van der Waals surface area contributed by atoms with E-state index in [-0.39, 0.29) is 37.8 Å². The lowest BCUT2D eigenvalue weighted by molar-refractivity contribution is 0.270. The summed E-state index contributed by atoms with van der Waals surface area (Å²) >= 11 is 0. The molecule has 2 aromatic carbocycles. The molecule has 0 radical (unpaired) electrons. The number of primary sulfonamides is 1. The topological polar surface area (TPSA) is 228 Å². The van der Waals surface area contributed by atoms with Gasteiger partial charge >= 0.3 is 0 Å². The third-order valence-electron chi connectivity index (χ3n) is 4.78.